The van der Waals surface area contributed by atoms with Crippen molar-refractivity contribution in [2.24, 2.45) is 0 Å². The zero-order chi connectivity index (χ0) is 15.7. The van der Waals surface area contributed by atoms with Crippen molar-refractivity contribution in [1.82, 2.24) is 9.80 Å². The molecule has 1 unspecified atom stereocenters. The average molecular weight is 320 g/mol. The van der Waals surface area contributed by atoms with Crippen molar-refractivity contribution in [3.05, 3.63) is 35.0 Å². The third-order valence-corrected chi connectivity index (χ3v) is 5.16. The van der Waals surface area contributed by atoms with Gasteiger partial charge < -0.3 is 4.90 Å². The van der Waals surface area contributed by atoms with Gasteiger partial charge in [-0.05, 0) is 11.4 Å². The van der Waals surface area contributed by atoms with Crippen LogP contribution < -0.4 is 4.90 Å². The lowest BCUT2D eigenvalue weighted by Crippen LogP contribution is -3.12. The van der Waals surface area contributed by atoms with Gasteiger partial charge in [0.15, 0.2) is 6.67 Å². The standard InChI is InChI=1S/C15H17N3O3S/c1-2-7-17-13(19)14(20)18(15(17)21)10-16-8-3-5-11(16)12-6-4-9-22-12/h2,4,6,9,11H,1,3,5,7-8,10H2/p+1/t11-/m0/s1. The van der Waals surface area contributed by atoms with E-state index in [1.54, 1.807) is 11.3 Å². The Kier molecular flexibility index (Phi) is 4.08. The van der Waals surface area contributed by atoms with Crippen LogP contribution in [0.5, 0.6) is 0 Å². The second-order valence-electron chi connectivity index (χ2n) is 5.50. The lowest BCUT2D eigenvalue weighted by atomic mass is 10.2. The molecule has 0 aliphatic carbocycles. The number of thiophene rings is 1. The van der Waals surface area contributed by atoms with Crippen molar-refractivity contribution in [1.29, 1.82) is 0 Å². The molecule has 1 aromatic rings. The number of hydrogen-bond acceptors (Lipinski definition) is 4. The van der Waals surface area contributed by atoms with Gasteiger partial charge in [0.25, 0.3) is 0 Å². The number of carbonyl (C=O) groups excluding carboxylic acids is 3. The summed E-state index contributed by atoms with van der Waals surface area (Å²) < 4.78 is 0. The third kappa shape index (κ3) is 2.46. The van der Waals surface area contributed by atoms with E-state index in [9.17, 15) is 14.4 Å². The fraction of sp³-hybridized carbons (Fsp3) is 0.400. The molecule has 116 valence electrons. The van der Waals surface area contributed by atoms with E-state index in [2.05, 4.69) is 12.6 Å². The Morgan fingerprint density at radius 3 is 2.77 bits per heavy atom. The molecule has 1 N–H and O–H groups in total. The summed E-state index contributed by atoms with van der Waals surface area (Å²) in [6.45, 7) is 4.73. The molecule has 0 saturated carbocycles. The molecule has 7 heteroatoms. The molecule has 2 fully saturated rings. The highest BCUT2D eigenvalue weighted by Crippen LogP contribution is 2.23. The predicted molar refractivity (Wildman–Crippen MR) is 81.1 cm³/mol. The fourth-order valence-corrected chi connectivity index (χ4v) is 4.04. The number of quaternary nitrogens is 1. The van der Waals surface area contributed by atoms with Gasteiger partial charge in [0, 0.05) is 19.4 Å². The first-order chi connectivity index (χ1) is 10.6. The molecule has 6 nitrogen and oxygen atoms in total. The maximum atomic E-state index is 12.2. The molecule has 3 heterocycles. The molecular formula is C15H18N3O3S+. The molecule has 0 aromatic carbocycles. The summed E-state index contributed by atoms with van der Waals surface area (Å²) in [4.78, 5) is 40.6. The van der Waals surface area contributed by atoms with Crippen LogP contribution >= 0.6 is 11.3 Å². The van der Waals surface area contributed by atoms with Gasteiger partial charge in [0.1, 0.15) is 6.04 Å². The molecule has 1 aromatic heterocycles. The number of rotatable bonds is 5. The van der Waals surface area contributed by atoms with Crippen LogP contribution in [0.25, 0.3) is 0 Å². The second kappa shape index (κ2) is 6.02. The van der Waals surface area contributed by atoms with E-state index in [0.717, 1.165) is 34.1 Å². The van der Waals surface area contributed by atoms with Crippen LogP contribution in [0.1, 0.15) is 23.8 Å². The Bertz CT molecular complexity index is 614. The summed E-state index contributed by atoms with van der Waals surface area (Å²) in [5.74, 6) is -1.48. The molecular weight excluding hydrogens is 302 g/mol. The van der Waals surface area contributed by atoms with E-state index in [4.69, 9.17) is 0 Å². The largest absolute Gasteiger partial charge is 0.339 e. The quantitative estimate of drug-likeness (QED) is 0.485. The van der Waals surface area contributed by atoms with Gasteiger partial charge in [-0.2, -0.15) is 0 Å². The van der Waals surface area contributed by atoms with Crippen LogP contribution in [0.15, 0.2) is 30.2 Å². The van der Waals surface area contributed by atoms with Crippen molar-refractivity contribution in [2.45, 2.75) is 18.9 Å². The minimum Gasteiger partial charge on any atom is -0.310 e. The van der Waals surface area contributed by atoms with E-state index >= 15 is 0 Å². The van der Waals surface area contributed by atoms with Crippen molar-refractivity contribution >= 4 is 29.2 Å². The first-order valence-corrected chi connectivity index (χ1v) is 8.17. The van der Waals surface area contributed by atoms with Crippen LogP contribution in [0.4, 0.5) is 4.79 Å². The topological polar surface area (TPSA) is 62.1 Å². The number of amides is 4. The van der Waals surface area contributed by atoms with Gasteiger partial charge in [-0.3, -0.25) is 14.5 Å². The number of nitrogens with zero attached hydrogens (tertiary/aromatic N) is 2. The SMILES string of the molecule is C=CCN1C(=O)C(=O)N(C[NH+]2CCC[C@H]2c2cccs2)C1=O. The molecule has 3 rings (SSSR count). The van der Waals surface area contributed by atoms with Crippen molar-refractivity contribution in [3.63, 3.8) is 0 Å². The Balaban J connectivity index is 1.75. The number of likely N-dealkylation sites (tertiary alicyclic amines) is 1. The summed E-state index contributed by atoms with van der Waals surface area (Å²) in [5, 5.41) is 2.03. The van der Waals surface area contributed by atoms with E-state index in [0.29, 0.717) is 6.04 Å². The molecule has 2 aliphatic rings. The minimum atomic E-state index is -0.754. The predicted octanol–water partition coefficient (Wildman–Crippen LogP) is 0.402. The summed E-state index contributed by atoms with van der Waals surface area (Å²) in [7, 11) is 0. The highest BCUT2D eigenvalue weighted by molar-refractivity contribution is 7.10. The summed E-state index contributed by atoms with van der Waals surface area (Å²) in [5.41, 5.74) is 0. The Morgan fingerprint density at radius 1 is 1.32 bits per heavy atom. The zero-order valence-corrected chi connectivity index (χ0v) is 13.0. The minimum absolute atomic E-state index is 0.0730. The van der Waals surface area contributed by atoms with E-state index in [1.165, 1.54) is 11.0 Å². The fourth-order valence-electron chi connectivity index (χ4n) is 3.12. The van der Waals surface area contributed by atoms with Crippen LogP contribution in [-0.4, -0.2) is 47.4 Å². The van der Waals surface area contributed by atoms with Gasteiger partial charge in [-0.25, -0.2) is 9.69 Å². The number of imide groups is 2. The van der Waals surface area contributed by atoms with Crippen LogP contribution in [0, 0.1) is 0 Å². The van der Waals surface area contributed by atoms with Gasteiger partial charge in [0.05, 0.1) is 11.4 Å². The van der Waals surface area contributed by atoms with Crippen molar-refractivity contribution in [3.8, 4) is 0 Å². The monoisotopic (exact) mass is 320 g/mol. The Morgan fingerprint density at radius 2 is 2.09 bits per heavy atom. The molecule has 0 radical (unpaired) electrons. The second-order valence-corrected chi connectivity index (χ2v) is 6.48. The third-order valence-electron chi connectivity index (χ3n) is 4.18. The smallest absolute Gasteiger partial charge is 0.310 e. The normalized spacial score (nSPS) is 25.4. The number of urea groups is 1. The van der Waals surface area contributed by atoms with Crippen LogP contribution in [0.3, 0.4) is 0 Å². The highest BCUT2D eigenvalue weighted by Gasteiger charge is 2.47. The molecule has 4 amide bonds. The molecule has 2 saturated heterocycles. The van der Waals surface area contributed by atoms with E-state index in [1.807, 2.05) is 11.4 Å². The molecule has 22 heavy (non-hydrogen) atoms. The van der Waals surface area contributed by atoms with Crippen LogP contribution in [0.2, 0.25) is 0 Å². The number of nitrogens with one attached hydrogen (secondary N) is 1. The van der Waals surface area contributed by atoms with Crippen LogP contribution in [-0.2, 0) is 9.59 Å². The first kappa shape index (κ1) is 14.9. The van der Waals surface area contributed by atoms with Crippen molar-refractivity contribution < 1.29 is 19.3 Å². The summed E-state index contributed by atoms with van der Waals surface area (Å²) in [6, 6.07) is 3.87. The molecule has 0 spiro atoms. The summed E-state index contributed by atoms with van der Waals surface area (Å²) >= 11 is 1.69. The maximum absolute atomic E-state index is 12.2. The zero-order valence-electron chi connectivity index (χ0n) is 12.2. The number of hydrogen-bond donors (Lipinski definition) is 1. The Hall–Kier alpha value is -1.99. The van der Waals surface area contributed by atoms with Gasteiger partial charge in [-0.1, -0.05) is 12.1 Å². The van der Waals surface area contributed by atoms with Gasteiger partial charge in [0.2, 0.25) is 0 Å². The van der Waals surface area contributed by atoms with Gasteiger partial charge >= 0.3 is 17.8 Å². The highest BCUT2D eigenvalue weighted by atomic mass is 32.1. The average Bonchev–Trinajstić information content (AvgIpc) is 3.21. The molecule has 0 bridgehead atoms. The maximum Gasteiger partial charge on any atom is 0.339 e. The lowest BCUT2D eigenvalue weighted by Gasteiger charge is -2.24. The number of carbonyl (C=O) groups is 3. The van der Waals surface area contributed by atoms with Gasteiger partial charge in [-0.15, -0.1) is 17.9 Å². The van der Waals surface area contributed by atoms with E-state index in [-0.39, 0.29) is 13.2 Å². The lowest BCUT2D eigenvalue weighted by molar-refractivity contribution is -0.925. The molecule has 2 aliphatic heterocycles. The van der Waals surface area contributed by atoms with Crippen molar-refractivity contribution in [2.75, 3.05) is 19.8 Å². The van der Waals surface area contributed by atoms with E-state index < -0.39 is 17.8 Å². The molecule has 2 atom stereocenters. The summed E-state index contributed by atoms with van der Waals surface area (Å²) in [6.07, 6.45) is 3.54. The Labute approximate surface area is 132 Å². The first-order valence-electron chi connectivity index (χ1n) is 7.29.